The minimum absolute atomic E-state index is 0.0399. The van der Waals surface area contributed by atoms with Crippen molar-refractivity contribution in [3.05, 3.63) is 42.0 Å². The summed E-state index contributed by atoms with van der Waals surface area (Å²) in [6.45, 7) is 0.0836. The monoisotopic (exact) mass is 299 g/mol. The van der Waals surface area contributed by atoms with E-state index in [1.54, 1.807) is 19.2 Å². The lowest BCUT2D eigenvalue weighted by molar-refractivity contribution is -0.130. The quantitative estimate of drug-likeness (QED) is 0.671. The molecule has 1 amide bonds. The largest absolute Gasteiger partial charge is 0.508 e. The number of Topliss-reactive ketones (excluding diaryl/α,β-unsaturated/α-hetero) is 1. The van der Waals surface area contributed by atoms with E-state index in [1.807, 2.05) is 0 Å². The third-order valence-corrected chi connectivity index (χ3v) is 4.85. The van der Waals surface area contributed by atoms with Gasteiger partial charge in [0.2, 0.25) is 5.91 Å². The van der Waals surface area contributed by atoms with Crippen molar-refractivity contribution in [2.45, 2.75) is 19.3 Å². The smallest absolute Gasteiger partial charge is 0.223 e. The normalized spacial score (nSPS) is 25.4. The first-order valence-electron chi connectivity index (χ1n) is 7.77. The third kappa shape index (κ3) is 3.06. The zero-order valence-electron chi connectivity index (χ0n) is 12.7. The number of phenolic OH excluding ortho intramolecular Hbond substituents is 1. The molecule has 2 aliphatic carbocycles. The number of phenols is 1. The van der Waals surface area contributed by atoms with Crippen LogP contribution in [0.5, 0.6) is 5.75 Å². The van der Waals surface area contributed by atoms with Gasteiger partial charge in [0.15, 0.2) is 5.78 Å². The van der Waals surface area contributed by atoms with Crippen molar-refractivity contribution in [3.63, 3.8) is 0 Å². The molecule has 0 saturated heterocycles. The minimum atomic E-state index is -0.108. The zero-order valence-corrected chi connectivity index (χ0v) is 12.7. The van der Waals surface area contributed by atoms with Crippen LogP contribution in [-0.4, -0.2) is 35.3 Å². The summed E-state index contributed by atoms with van der Waals surface area (Å²) in [5.41, 5.74) is 0.514. The molecule has 4 nitrogen and oxygen atoms in total. The molecule has 3 atom stereocenters. The number of aromatic hydroxyl groups is 1. The fraction of sp³-hybridized carbons (Fsp3) is 0.444. The summed E-state index contributed by atoms with van der Waals surface area (Å²) >= 11 is 0. The van der Waals surface area contributed by atoms with E-state index in [1.165, 1.54) is 23.5 Å². The van der Waals surface area contributed by atoms with Crippen LogP contribution >= 0.6 is 0 Å². The van der Waals surface area contributed by atoms with Crippen molar-refractivity contribution >= 4 is 11.7 Å². The number of benzene rings is 1. The standard InChI is InChI=1S/C18H21NO3/c1-19(11-17(21)13-4-6-16(20)7-5-13)18(22)10-15-9-12-2-3-14(15)8-12/h2-7,12,14-15,20H,8-11H2,1H3/t12-,14+,15+/m1/s1. The highest BCUT2D eigenvalue weighted by Gasteiger charge is 2.37. The molecule has 1 aromatic carbocycles. The Labute approximate surface area is 130 Å². The first-order valence-corrected chi connectivity index (χ1v) is 7.77. The van der Waals surface area contributed by atoms with E-state index < -0.39 is 0 Å². The Morgan fingerprint density at radius 1 is 1.18 bits per heavy atom. The molecule has 116 valence electrons. The van der Waals surface area contributed by atoms with Crippen LogP contribution in [0.3, 0.4) is 0 Å². The summed E-state index contributed by atoms with van der Waals surface area (Å²) in [5, 5.41) is 9.24. The number of nitrogens with zero attached hydrogens (tertiary/aromatic N) is 1. The molecular formula is C18H21NO3. The number of fused-ring (bicyclic) bond motifs is 2. The van der Waals surface area contributed by atoms with Crippen molar-refractivity contribution in [2.75, 3.05) is 13.6 Å². The summed E-state index contributed by atoms with van der Waals surface area (Å²) in [6.07, 6.45) is 7.34. The number of carbonyl (C=O) groups is 2. The van der Waals surface area contributed by atoms with Gasteiger partial charge in [0, 0.05) is 19.0 Å². The van der Waals surface area contributed by atoms with E-state index in [9.17, 15) is 14.7 Å². The number of carbonyl (C=O) groups excluding carboxylic acids is 2. The van der Waals surface area contributed by atoms with E-state index in [4.69, 9.17) is 0 Å². The van der Waals surface area contributed by atoms with Crippen LogP contribution in [0.15, 0.2) is 36.4 Å². The second kappa shape index (κ2) is 5.95. The lowest BCUT2D eigenvalue weighted by atomic mass is 9.90. The molecule has 4 heteroatoms. The minimum Gasteiger partial charge on any atom is -0.508 e. The average Bonchev–Trinajstić information content (AvgIpc) is 3.10. The molecule has 1 fully saturated rings. The van der Waals surface area contributed by atoms with Crippen molar-refractivity contribution in [3.8, 4) is 5.75 Å². The van der Waals surface area contributed by atoms with Gasteiger partial charge in [0.25, 0.3) is 0 Å². The first kappa shape index (κ1) is 14.8. The first-order chi connectivity index (χ1) is 10.5. The summed E-state index contributed by atoms with van der Waals surface area (Å²) < 4.78 is 0. The Hall–Kier alpha value is -2.10. The molecule has 22 heavy (non-hydrogen) atoms. The van der Waals surface area contributed by atoms with Crippen molar-refractivity contribution in [1.82, 2.24) is 4.90 Å². The molecule has 1 saturated carbocycles. The number of amides is 1. The molecular weight excluding hydrogens is 278 g/mol. The van der Waals surface area contributed by atoms with Crippen molar-refractivity contribution in [1.29, 1.82) is 0 Å². The van der Waals surface area contributed by atoms with E-state index in [0.717, 1.165) is 6.42 Å². The zero-order chi connectivity index (χ0) is 15.7. The Morgan fingerprint density at radius 2 is 1.91 bits per heavy atom. The van der Waals surface area contributed by atoms with Crippen LogP contribution in [0.1, 0.15) is 29.6 Å². The highest BCUT2D eigenvalue weighted by Crippen LogP contribution is 2.44. The Balaban J connectivity index is 1.53. The van der Waals surface area contributed by atoms with Crippen molar-refractivity contribution < 1.29 is 14.7 Å². The van der Waals surface area contributed by atoms with Gasteiger partial charge in [0.05, 0.1) is 6.54 Å². The predicted molar refractivity (Wildman–Crippen MR) is 83.5 cm³/mol. The lowest BCUT2D eigenvalue weighted by Gasteiger charge is -2.22. The number of hydrogen-bond acceptors (Lipinski definition) is 3. The fourth-order valence-electron chi connectivity index (χ4n) is 3.55. The molecule has 0 spiro atoms. The molecule has 0 aliphatic heterocycles. The number of hydrogen-bond donors (Lipinski definition) is 1. The maximum atomic E-state index is 12.3. The summed E-state index contributed by atoms with van der Waals surface area (Å²) in [5.74, 6) is 1.71. The molecule has 0 aromatic heterocycles. The van der Waals surface area contributed by atoms with Crippen molar-refractivity contribution in [2.24, 2.45) is 17.8 Å². The van der Waals surface area contributed by atoms with Gasteiger partial charge >= 0.3 is 0 Å². The van der Waals surface area contributed by atoms with E-state index in [0.29, 0.717) is 29.7 Å². The highest BCUT2D eigenvalue weighted by atomic mass is 16.3. The summed E-state index contributed by atoms with van der Waals surface area (Å²) in [7, 11) is 1.68. The second-order valence-electron chi connectivity index (χ2n) is 6.46. The Kier molecular flexibility index (Phi) is 4.01. The Morgan fingerprint density at radius 3 is 2.50 bits per heavy atom. The van der Waals surface area contributed by atoms with Gasteiger partial charge in [-0.3, -0.25) is 9.59 Å². The van der Waals surface area contributed by atoms with Crippen LogP contribution in [0.2, 0.25) is 0 Å². The van der Waals surface area contributed by atoms with Gasteiger partial charge in [-0.2, -0.15) is 0 Å². The number of rotatable bonds is 5. The molecule has 2 bridgehead atoms. The van der Waals surface area contributed by atoms with Crippen LogP contribution in [0.25, 0.3) is 0 Å². The molecule has 1 aromatic rings. The number of allylic oxidation sites excluding steroid dienone is 2. The highest BCUT2D eigenvalue weighted by molar-refractivity contribution is 5.99. The fourth-order valence-corrected chi connectivity index (χ4v) is 3.55. The lowest BCUT2D eigenvalue weighted by Crippen LogP contribution is -2.33. The maximum absolute atomic E-state index is 12.3. The van der Waals surface area contributed by atoms with Crippen LogP contribution in [0, 0.1) is 17.8 Å². The average molecular weight is 299 g/mol. The topological polar surface area (TPSA) is 57.6 Å². The molecule has 2 aliphatic rings. The molecule has 0 unspecified atom stereocenters. The van der Waals surface area contributed by atoms with Gasteiger partial charge < -0.3 is 10.0 Å². The van der Waals surface area contributed by atoms with Gasteiger partial charge in [-0.1, -0.05) is 12.2 Å². The van der Waals surface area contributed by atoms with Crippen LogP contribution in [0.4, 0.5) is 0 Å². The summed E-state index contributed by atoms with van der Waals surface area (Å²) in [4.78, 5) is 26.0. The molecule has 3 rings (SSSR count). The SMILES string of the molecule is CN(CC(=O)c1ccc(O)cc1)C(=O)C[C@@H]1C[C@@H]2C=C[C@H]1C2. The molecule has 0 heterocycles. The molecule has 0 radical (unpaired) electrons. The van der Waals surface area contributed by atoms with Gasteiger partial charge in [-0.05, 0) is 54.9 Å². The van der Waals surface area contributed by atoms with E-state index in [2.05, 4.69) is 12.2 Å². The second-order valence-corrected chi connectivity index (χ2v) is 6.46. The van der Waals surface area contributed by atoms with Crippen LogP contribution in [-0.2, 0) is 4.79 Å². The third-order valence-electron chi connectivity index (χ3n) is 4.85. The van der Waals surface area contributed by atoms with Gasteiger partial charge in [-0.15, -0.1) is 0 Å². The summed E-state index contributed by atoms with van der Waals surface area (Å²) in [6, 6.07) is 6.13. The number of ketones is 1. The Bertz CT molecular complexity index is 605. The number of likely N-dealkylation sites (N-methyl/N-ethyl adjacent to an activating group) is 1. The predicted octanol–water partition coefficient (Wildman–Crippen LogP) is 2.64. The van der Waals surface area contributed by atoms with E-state index in [-0.39, 0.29) is 24.0 Å². The maximum Gasteiger partial charge on any atom is 0.223 e. The van der Waals surface area contributed by atoms with Gasteiger partial charge in [-0.25, -0.2) is 0 Å². The van der Waals surface area contributed by atoms with Gasteiger partial charge in [0.1, 0.15) is 5.75 Å². The van der Waals surface area contributed by atoms with E-state index >= 15 is 0 Å². The molecule has 1 N–H and O–H groups in total. The van der Waals surface area contributed by atoms with Crippen LogP contribution < -0.4 is 0 Å².